The minimum atomic E-state index is 0.383. The number of rotatable bonds is 1. The molecule has 0 radical (unpaired) electrons. The van der Waals surface area contributed by atoms with E-state index in [0.29, 0.717) is 23.9 Å². The molecule has 1 aliphatic heterocycles. The summed E-state index contributed by atoms with van der Waals surface area (Å²) in [6.45, 7) is 9.10. The Morgan fingerprint density at radius 1 is 1.38 bits per heavy atom. The van der Waals surface area contributed by atoms with Crippen molar-refractivity contribution in [3.8, 4) is 0 Å². The molecule has 90 valence electrons. The van der Waals surface area contributed by atoms with Gasteiger partial charge in [-0.2, -0.15) is 0 Å². The van der Waals surface area contributed by atoms with Crippen LogP contribution in [0.4, 0.5) is 0 Å². The Kier molecular flexibility index (Phi) is 3.50. The fourth-order valence-corrected chi connectivity index (χ4v) is 2.90. The highest BCUT2D eigenvalue weighted by molar-refractivity contribution is 5.23. The molecule has 0 aromatic carbocycles. The van der Waals surface area contributed by atoms with Crippen molar-refractivity contribution in [1.82, 2.24) is 4.90 Å². The highest BCUT2D eigenvalue weighted by Crippen LogP contribution is 2.28. The minimum Gasteiger partial charge on any atom is -0.326 e. The summed E-state index contributed by atoms with van der Waals surface area (Å²) in [5, 5.41) is 0. The predicted octanol–water partition coefficient (Wildman–Crippen LogP) is 2.18. The topological polar surface area (TPSA) is 29.3 Å². The van der Waals surface area contributed by atoms with Gasteiger partial charge in [-0.1, -0.05) is 37.6 Å². The third kappa shape index (κ3) is 2.38. The Bertz CT molecular complexity index is 306. The van der Waals surface area contributed by atoms with Gasteiger partial charge in [0, 0.05) is 25.2 Å². The van der Waals surface area contributed by atoms with E-state index in [1.165, 1.54) is 5.57 Å². The molecule has 1 aliphatic carbocycles. The van der Waals surface area contributed by atoms with Gasteiger partial charge in [-0.05, 0) is 25.2 Å². The van der Waals surface area contributed by atoms with Crippen molar-refractivity contribution in [3.05, 3.63) is 23.8 Å². The molecule has 1 heterocycles. The zero-order chi connectivity index (χ0) is 11.7. The van der Waals surface area contributed by atoms with Gasteiger partial charge in [-0.3, -0.25) is 4.90 Å². The SMILES string of the molecule is CC1=CC(C)C(C)C(N2CCC(N)C2)C=C1. The van der Waals surface area contributed by atoms with E-state index in [4.69, 9.17) is 5.73 Å². The fraction of sp³-hybridized carbons (Fsp3) is 0.714. The average molecular weight is 220 g/mol. The quantitative estimate of drug-likeness (QED) is 0.734. The molecule has 0 saturated carbocycles. The van der Waals surface area contributed by atoms with Crippen LogP contribution in [0.5, 0.6) is 0 Å². The van der Waals surface area contributed by atoms with Gasteiger partial charge in [0.2, 0.25) is 0 Å². The minimum absolute atomic E-state index is 0.383. The molecule has 2 heteroatoms. The molecule has 4 unspecified atom stereocenters. The Morgan fingerprint density at radius 3 is 2.75 bits per heavy atom. The Balaban J connectivity index is 2.12. The smallest absolute Gasteiger partial charge is 0.0313 e. The highest BCUT2D eigenvalue weighted by Gasteiger charge is 2.30. The molecule has 1 fully saturated rings. The maximum atomic E-state index is 6.00. The lowest BCUT2D eigenvalue weighted by molar-refractivity contribution is 0.198. The maximum absolute atomic E-state index is 6.00. The van der Waals surface area contributed by atoms with E-state index in [1.54, 1.807) is 0 Å². The van der Waals surface area contributed by atoms with Crippen LogP contribution in [0.15, 0.2) is 23.8 Å². The van der Waals surface area contributed by atoms with Gasteiger partial charge in [0.25, 0.3) is 0 Å². The van der Waals surface area contributed by atoms with Gasteiger partial charge < -0.3 is 5.73 Å². The number of hydrogen-bond acceptors (Lipinski definition) is 2. The molecule has 0 spiro atoms. The zero-order valence-electron chi connectivity index (χ0n) is 10.7. The third-order valence-corrected chi connectivity index (χ3v) is 4.13. The molecule has 0 amide bonds. The first kappa shape index (κ1) is 11.9. The van der Waals surface area contributed by atoms with Crippen LogP contribution in [-0.4, -0.2) is 30.1 Å². The van der Waals surface area contributed by atoms with Gasteiger partial charge in [-0.15, -0.1) is 0 Å². The monoisotopic (exact) mass is 220 g/mol. The molecular weight excluding hydrogens is 196 g/mol. The van der Waals surface area contributed by atoms with Gasteiger partial charge in [-0.25, -0.2) is 0 Å². The first-order chi connectivity index (χ1) is 7.58. The van der Waals surface area contributed by atoms with Crippen LogP contribution in [0.25, 0.3) is 0 Å². The lowest BCUT2D eigenvalue weighted by Gasteiger charge is -2.32. The second kappa shape index (κ2) is 4.72. The summed E-state index contributed by atoms with van der Waals surface area (Å²) in [4.78, 5) is 2.55. The van der Waals surface area contributed by atoms with Crippen LogP contribution in [-0.2, 0) is 0 Å². The van der Waals surface area contributed by atoms with Crippen molar-refractivity contribution in [1.29, 1.82) is 0 Å². The van der Waals surface area contributed by atoms with Gasteiger partial charge in [0.15, 0.2) is 0 Å². The van der Waals surface area contributed by atoms with Crippen molar-refractivity contribution in [3.63, 3.8) is 0 Å². The lowest BCUT2D eigenvalue weighted by atomic mass is 9.88. The average Bonchev–Trinajstić information content (AvgIpc) is 2.59. The number of likely N-dealkylation sites (tertiary alicyclic amines) is 1. The van der Waals surface area contributed by atoms with Crippen LogP contribution >= 0.6 is 0 Å². The van der Waals surface area contributed by atoms with E-state index >= 15 is 0 Å². The highest BCUT2D eigenvalue weighted by atomic mass is 15.2. The van der Waals surface area contributed by atoms with Gasteiger partial charge in [0.1, 0.15) is 0 Å². The number of hydrogen-bond donors (Lipinski definition) is 1. The third-order valence-electron chi connectivity index (χ3n) is 4.13. The largest absolute Gasteiger partial charge is 0.326 e. The molecular formula is C14H24N2. The summed E-state index contributed by atoms with van der Waals surface area (Å²) in [6, 6.07) is 0.950. The molecule has 2 nitrogen and oxygen atoms in total. The Hall–Kier alpha value is -0.600. The normalized spacial score (nSPS) is 40.9. The second-order valence-electron chi connectivity index (χ2n) is 5.52. The summed E-state index contributed by atoms with van der Waals surface area (Å²) in [6.07, 6.45) is 8.18. The summed E-state index contributed by atoms with van der Waals surface area (Å²) in [5.74, 6) is 1.33. The van der Waals surface area contributed by atoms with Gasteiger partial charge in [0.05, 0.1) is 0 Å². The molecule has 1 saturated heterocycles. The fourth-order valence-electron chi connectivity index (χ4n) is 2.90. The van der Waals surface area contributed by atoms with E-state index in [1.807, 2.05) is 0 Å². The van der Waals surface area contributed by atoms with Gasteiger partial charge >= 0.3 is 0 Å². The van der Waals surface area contributed by atoms with E-state index < -0.39 is 0 Å². The van der Waals surface area contributed by atoms with Crippen LogP contribution in [0.3, 0.4) is 0 Å². The summed E-state index contributed by atoms with van der Waals surface area (Å²) in [7, 11) is 0. The van der Waals surface area contributed by atoms with Crippen molar-refractivity contribution in [2.45, 2.75) is 39.3 Å². The first-order valence-electron chi connectivity index (χ1n) is 6.44. The van der Waals surface area contributed by atoms with Crippen LogP contribution in [0.2, 0.25) is 0 Å². The summed E-state index contributed by atoms with van der Waals surface area (Å²) < 4.78 is 0. The molecule has 2 aliphatic rings. The van der Waals surface area contributed by atoms with E-state index in [0.717, 1.165) is 19.5 Å². The molecule has 2 rings (SSSR count). The number of nitrogens with two attached hydrogens (primary N) is 1. The molecule has 16 heavy (non-hydrogen) atoms. The van der Waals surface area contributed by atoms with E-state index in [-0.39, 0.29) is 0 Å². The molecule has 0 aromatic heterocycles. The van der Waals surface area contributed by atoms with Crippen LogP contribution in [0, 0.1) is 11.8 Å². The lowest BCUT2D eigenvalue weighted by Crippen LogP contribution is -2.39. The predicted molar refractivity (Wildman–Crippen MR) is 69.2 cm³/mol. The standard InChI is InChI=1S/C14H24N2/c1-10-4-5-14(12(3)11(2)8-10)16-7-6-13(15)9-16/h4-5,8,11-14H,6-7,9,15H2,1-3H3. The Morgan fingerprint density at radius 2 is 2.12 bits per heavy atom. The first-order valence-corrected chi connectivity index (χ1v) is 6.44. The maximum Gasteiger partial charge on any atom is 0.0313 e. The summed E-state index contributed by atoms with van der Waals surface area (Å²) >= 11 is 0. The van der Waals surface area contributed by atoms with E-state index in [2.05, 4.69) is 43.9 Å². The Labute approximate surface area is 99.2 Å². The second-order valence-corrected chi connectivity index (χ2v) is 5.52. The number of nitrogens with zero attached hydrogens (tertiary/aromatic N) is 1. The summed E-state index contributed by atoms with van der Waals surface area (Å²) in [5.41, 5.74) is 7.39. The molecule has 0 bridgehead atoms. The van der Waals surface area contributed by atoms with Crippen LogP contribution < -0.4 is 5.73 Å². The van der Waals surface area contributed by atoms with Crippen molar-refractivity contribution >= 4 is 0 Å². The molecule has 0 aromatic rings. The molecule has 4 atom stereocenters. The van der Waals surface area contributed by atoms with Crippen molar-refractivity contribution in [2.75, 3.05) is 13.1 Å². The molecule has 2 N–H and O–H groups in total. The van der Waals surface area contributed by atoms with E-state index in [9.17, 15) is 0 Å². The van der Waals surface area contributed by atoms with Crippen LogP contribution in [0.1, 0.15) is 27.2 Å². The van der Waals surface area contributed by atoms with Crippen molar-refractivity contribution in [2.24, 2.45) is 17.6 Å². The number of allylic oxidation sites excluding steroid dienone is 3. The van der Waals surface area contributed by atoms with Crippen molar-refractivity contribution < 1.29 is 0 Å². The zero-order valence-corrected chi connectivity index (χ0v) is 10.7.